The fraction of sp³-hybridized carbons (Fsp3) is 0.333. The summed E-state index contributed by atoms with van der Waals surface area (Å²) in [6.07, 6.45) is -0.439. The SMILES string of the molecule is O=S(=O)(O)c1c(F)c(F)c(OCC2CO2)c(F)c1F. The van der Waals surface area contributed by atoms with Crippen molar-refractivity contribution in [2.75, 3.05) is 13.2 Å². The highest BCUT2D eigenvalue weighted by atomic mass is 32.2. The topological polar surface area (TPSA) is 76.1 Å². The Kier molecular flexibility index (Phi) is 3.41. The zero-order valence-corrected chi connectivity index (χ0v) is 9.81. The summed E-state index contributed by atoms with van der Waals surface area (Å²) < 4.78 is 92.3. The highest BCUT2D eigenvalue weighted by Crippen LogP contribution is 2.32. The van der Waals surface area contributed by atoms with Crippen LogP contribution in [0.1, 0.15) is 0 Å². The van der Waals surface area contributed by atoms with Crippen molar-refractivity contribution < 1.29 is 40.0 Å². The van der Waals surface area contributed by atoms with Gasteiger partial charge in [0.1, 0.15) is 12.7 Å². The Hall–Kier alpha value is -1.39. The fourth-order valence-electron chi connectivity index (χ4n) is 1.29. The molecule has 106 valence electrons. The molecule has 2 rings (SSSR count). The van der Waals surface area contributed by atoms with Gasteiger partial charge >= 0.3 is 10.1 Å². The van der Waals surface area contributed by atoms with Crippen molar-refractivity contribution in [3.05, 3.63) is 23.3 Å². The van der Waals surface area contributed by atoms with Gasteiger partial charge in [0.05, 0.1) is 6.61 Å². The van der Waals surface area contributed by atoms with E-state index in [2.05, 4.69) is 9.47 Å². The van der Waals surface area contributed by atoms with Crippen molar-refractivity contribution in [1.82, 2.24) is 0 Å². The Labute approximate surface area is 104 Å². The second-order valence-corrected chi connectivity index (χ2v) is 5.01. The minimum atomic E-state index is -5.46. The van der Waals surface area contributed by atoms with Crippen LogP contribution in [0.5, 0.6) is 5.75 Å². The molecule has 1 atom stereocenters. The van der Waals surface area contributed by atoms with Gasteiger partial charge in [0.25, 0.3) is 0 Å². The smallest absolute Gasteiger partial charge is 0.300 e. The summed E-state index contributed by atoms with van der Waals surface area (Å²) in [6, 6.07) is 0. The lowest BCUT2D eigenvalue weighted by molar-refractivity contribution is 0.233. The maximum atomic E-state index is 13.4. The summed E-state index contributed by atoms with van der Waals surface area (Å²) >= 11 is 0. The van der Waals surface area contributed by atoms with Crippen LogP contribution in [0.4, 0.5) is 17.6 Å². The lowest BCUT2D eigenvalue weighted by Gasteiger charge is -2.10. The van der Waals surface area contributed by atoms with Crippen LogP contribution in [0.3, 0.4) is 0 Å². The van der Waals surface area contributed by atoms with Crippen molar-refractivity contribution in [2.45, 2.75) is 11.0 Å². The normalized spacial score (nSPS) is 18.5. The lowest BCUT2D eigenvalue weighted by Crippen LogP contribution is -2.14. The van der Waals surface area contributed by atoms with E-state index in [-0.39, 0.29) is 13.2 Å². The van der Waals surface area contributed by atoms with Crippen LogP contribution in [0.15, 0.2) is 4.90 Å². The first-order chi connectivity index (χ1) is 8.73. The van der Waals surface area contributed by atoms with Gasteiger partial charge in [0.2, 0.25) is 11.6 Å². The Bertz CT molecular complexity index is 597. The van der Waals surface area contributed by atoms with Crippen LogP contribution in [-0.2, 0) is 14.9 Å². The number of epoxide rings is 1. The largest absolute Gasteiger partial charge is 0.485 e. The van der Waals surface area contributed by atoms with Crippen LogP contribution < -0.4 is 4.74 Å². The first kappa shape index (κ1) is 14.0. The molecular formula is C9H6F4O5S. The van der Waals surface area contributed by atoms with Crippen molar-refractivity contribution in [1.29, 1.82) is 0 Å². The second-order valence-electron chi connectivity index (χ2n) is 3.66. The molecule has 0 amide bonds. The molecule has 1 saturated heterocycles. The molecule has 1 aliphatic rings. The second kappa shape index (κ2) is 4.62. The highest BCUT2D eigenvalue weighted by molar-refractivity contribution is 7.85. The zero-order chi connectivity index (χ0) is 14.4. The average Bonchev–Trinajstić information content (AvgIpc) is 3.09. The summed E-state index contributed by atoms with van der Waals surface area (Å²) in [4.78, 5) is -2.10. The van der Waals surface area contributed by atoms with Crippen LogP contribution in [0, 0.1) is 23.3 Å². The molecule has 1 heterocycles. The maximum Gasteiger partial charge on any atom is 0.300 e. The zero-order valence-electron chi connectivity index (χ0n) is 8.99. The maximum absolute atomic E-state index is 13.4. The highest BCUT2D eigenvalue weighted by Gasteiger charge is 2.34. The van der Waals surface area contributed by atoms with Crippen molar-refractivity contribution >= 4 is 10.1 Å². The predicted molar refractivity (Wildman–Crippen MR) is 51.3 cm³/mol. The van der Waals surface area contributed by atoms with Gasteiger partial charge in [-0.05, 0) is 0 Å². The van der Waals surface area contributed by atoms with Crippen molar-refractivity contribution in [3.63, 3.8) is 0 Å². The van der Waals surface area contributed by atoms with Gasteiger partial charge < -0.3 is 9.47 Å². The molecule has 0 saturated carbocycles. The molecule has 1 aromatic rings. The molecule has 0 aliphatic carbocycles. The average molecular weight is 302 g/mol. The van der Waals surface area contributed by atoms with E-state index in [4.69, 9.17) is 4.55 Å². The third-order valence-electron chi connectivity index (χ3n) is 2.26. The van der Waals surface area contributed by atoms with E-state index in [0.29, 0.717) is 0 Å². The predicted octanol–water partition coefficient (Wildman–Crippen LogP) is 1.27. The molecule has 0 radical (unpaired) electrons. The summed E-state index contributed by atoms with van der Waals surface area (Å²) in [7, 11) is -5.46. The summed E-state index contributed by atoms with van der Waals surface area (Å²) in [6.45, 7) is -0.0742. The summed E-state index contributed by atoms with van der Waals surface area (Å²) in [5.41, 5.74) is 0. The van der Waals surface area contributed by atoms with E-state index in [1.807, 2.05) is 0 Å². The number of hydrogen-bond acceptors (Lipinski definition) is 4. The molecule has 1 aromatic carbocycles. The Balaban J connectivity index is 2.52. The van der Waals surface area contributed by atoms with Crippen LogP contribution >= 0.6 is 0 Å². The number of halogens is 4. The molecular weight excluding hydrogens is 296 g/mol. The fourth-order valence-corrected chi connectivity index (χ4v) is 1.92. The van der Waals surface area contributed by atoms with Gasteiger partial charge in [-0.2, -0.15) is 17.2 Å². The third-order valence-corrected chi connectivity index (χ3v) is 3.13. The van der Waals surface area contributed by atoms with E-state index in [1.165, 1.54) is 0 Å². The van der Waals surface area contributed by atoms with E-state index in [1.54, 1.807) is 0 Å². The van der Waals surface area contributed by atoms with Gasteiger partial charge in [0.15, 0.2) is 22.3 Å². The minimum Gasteiger partial charge on any atom is -0.485 e. The standard InChI is InChI=1S/C9H6F4O5S/c10-4-6(12)9(19(14,15)16)7(13)5(11)8(4)18-2-3-1-17-3/h3H,1-2H2,(H,14,15,16). The Morgan fingerprint density at radius 1 is 1.16 bits per heavy atom. The molecule has 0 spiro atoms. The molecule has 1 aliphatic heterocycles. The lowest BCUT2D eigenvalue weighted by atomic mass is 10.3. The molecule has 10 heteroatoms. The molecule has 0 aromatic heterocycles. The third kappa shape index (κ3) is 2.65. The summed E-state index contributed by atoms with van der Waals surface area (Å²) in [5, 5.41) is 0. The molecule has 19 heavy (non-hydrogen) atoms. The van der Waals surface area contributed by atoms with E-state index in [9.17, 15) is 26.0 Å². The van der Waals surface area contributed by atoms with Crippen LogP contribution in [0.25, 0.3) is 0 Å². The molecule has 5 nitrogen and oxygen atoms in total. The van der Waals surface area contributed by atoms with Crippen LogP contribution in [0.2, 0.25) is 0 Å². The van der Waals surface area contributed by atoms with Gasteiger partial charge in [-0.3, -0.25) is 4.55 Å². The quantitative estimate of drug-likeness (QED) is 0.392. The first-order valence-electron chi connectivity index (χ1n) is 4.81. The molecule has 1 fully saturated rings. The van der Waals surface area contributed by atoms with Gasteiger partial charge in [-0.1, -0.05) is 0 Å². The summed E-state index contributed by atoms with van der Waals surface area (Å²) in [5.74, 6) is -10.0. The number of ether oxygens (including phenoxy) is 2. The Morgan fingerprint density at radius 2 is 1.63 bits per heavy atom. The minimum absolute atomic E-state index is 0.275. The van der Waals surface area contributed by atoms with Crippen molar-refractivity contribution in [2.24, 2.45) is 0 Å². The number of rotatable bonds is 4. The van der Waals surface area contributed by atoms with E-state index >= 15 is 0 Å². The van der Waals surface area contributed by atoms with Gasteiger partial charge in [0, 0.05) is 0 Å². The van der Waals surface area contributed by atoms with Gasteiger partial charge in [-0.25, -0.2) is 8.78 Å². The number of benzene rings is 1. The monoisotopic (exact) mass is 302 g/mol. The van der Waals surface area contributed by atoms with E-state index in [0.717, 1.165) is 0 Å². The molecule has 0 bridgehead atoms. The number of hydrogen-bond donors (Lipinski definition) is 1. The van der Waals surface area contributed by atoms with Crippen LogP contribution in [-0.4, -0.2) is 32.3 Å². The Morgan fingerprint density at radius 3 is 2.00 bits per heavy atom. The first-order valence-corrected chi connectivity index (χ1v) is 6.25. The molecule has 1 unspecified atom stereocenters. The van der Waals surface area contributed by atoms with Gasteiger partial charge in [-0.15, -0.1) is 0 Å². The van der Waals surface area contributed by atoms with E-state index < -0.39 is 50.1 Å². The molecule has 1 N–H and O–H groups in total. The van der Waals surface area contributed by atoms with Crippen molar-refractivity contribution in [3.8, 4) is 5.75 Å².